The second kappa shape index (κ2) is 6.18. The SMILES string of the molecule is COc1cc([C@H](N)CCO)c([N+](=O)[O-])cc1OC. The first kappa shape index (κ1) is 14.2. The molecule has 0 aliphatic carbocycles. The Balaban J connectivity index is 3.33. The zero-order valence-electron chi connectivity index (χ0n) is 10.3. The Morgan fingerprint density at radius 2 is 1.94 bits per heavy atom. The van der Waals surface area contributed by atoms with Crippen molar-refractivity contribution in [1.29, 1.82) is 0 Å². The summed E-state index contributed by atoms with van der Waals surface area (Å²) in [6.45, 7) is -0.146. The number of nitrogens with zero attached hydrogens (tertiary/aromatic N) is 1. The van der Waals surface area contributed by atoms with E-state index in [2.05, 4.69) is 0 Å². The monoisotopic (exact) mass is 256 g/mol. The summed E-state index contributed by atoms with van der Waals surface area (Å²) in [7, 11) is 2.83. The molecule has 1 rings (SSSR count). The van der Waals surface area contributed by atoms with Gasteiger partial charge in [0.05, 0.1) is 30.8 Å². The Morgan fingerprint density at radius 3 is 2.39 bits per heavy atom. The predicted molar refractivity (Wildman–Crippen MR) is 64.8 cm³/mol. The number of rotatable bonds is 6. The third kappa shape index (κ3) is 2.88. The van der Waals surface area contributed by atoms with E-state index in [1.54, 1.807) is 0 Å². The highest BCUT2D eigenvalue weighted by Gasteiger charge is 2.23. The molecule has 0 heterocycles. The van der Waals surface area contributed by atoms with Crippen LogP contribution in [0.5, 0.6) is 11.5 Å². The van der Waals surface area contributed by atoms with E-state index in [1.807, 2.05) is 0 Å². The van der Waals surface area contributed by atoms with Crippen molar-refractivity contribution < 1.29 is 19.5 Å². The average Bonchev–Trinajstić information content (AvgIpc) is 2.37. The summed E-state index contributed by atoms with van der Waals surface area (Å²) < 4.78 is 10.1. The van der Waals surface area contributed by atoms with Gasteiger partial charge in [-0.1, -0.05) is 0 Å². The molecule has 0 aliphatic rings. The molecule has 0 amide bonds. The maximum absolute atomic E-state index is 11.0. The van der Waals surface area contributed by atoms with Crippen molar-refractivity contribution in [2.24, 2.45) is 5.73 Å². The van der Waals surface area contributed by atoms with Crippen LogP contribution >= 0.6 is 0 Å². The molecule has 1 aromatic carbocycles. The van der Waals surface area contributed by atoms with Gasteiger partial charge in [0.15, 0.2) is 11.5 Å². The fourth-order valence-corrected chi connectivity index (χ4v) is 1.63. The largest absolute Gasteiger partial charge is 0.493 e. The molecule has 100 valence electrons. The van der Waals surface area contributed by atoms with Crippen LogP contribution in [0, 0.1) is 10.1 Å². The van der Waals surface area contributed by atoms with E-state index in [1.165, 1.54) is 26.4 Å². The molecule has 0 radical (unpaired) electrons. The first-order valence-electron chi connectivity index (χ1n) is 5.31. The zero-order chi connectivity index (χ0) is 13.7. The van der Waals surface area contributed by atoms with Gasteiger partial charge in [0.1, 0.15) is 0 Å². The molecule has 18 heavy (non-hydrogen) atoms. The van der Waals surface area contributed by atoms with E-state index in [0.29, 0.717) is 11.3 Å². The molecule has 0 saturated carbocycles. The summed E-state index contributed by atoms with van der Waals surface area (Å²) in [6.07, 6.45) is 0.232. The summed E-state index contributed by atoms with van der Waals surface area (Å²) in [5.41, 5.74) is 5.97. The van der Waals surface area contributed by atoms with Crippen LogP contribution in [0.4, 0.5) is 5.69 Å². The Labute approximate surface area is 104 Å². The van der Waals surface area contributed by atoms with Crippen LogP contribution in [0.1, 0.15) is 18.0 Å². The van der Waals surface area contributed by atoms with Crippen molar-refractivity contribution in [2.45, 2.75) is 12.5 Å². The summed E-state index contributed by atoms with van der Waals surface area (Å²) in [4.78, 5) is 10.5. The number of methoxy groups -OCH3 is 2. The number of nitro groups is 1. The lowest BCUT2D eigenvalue weighted by atomic mass is 10.0. The number of ether oxygens (including phenoxy) is 2. The third-order valence-corrected chi connectivity index (χ3v) is 2.57. The molecule has 0 aromatic heterocycles. The van der Waals surface area contributed by atoms with Gasteiger partial charge in [0, 0.05) is 12.6 Å². The zero-order valence-corrected chi connectivity index (χ0v) is 10.3. The standard InChI is InChI=1S/C11H16N2O5/c1-17-10-5-7(8(12)3-4-14)9(13(15)16)6-11(10)18-2/h5-6,8,14H,3-4,12H2,1-2H3/t8-/m1/s1. The van der Waals surface area contributed by atoms with Gasteiger partial charge in [-0.15, -0.1) is 0 Å². The lowest BCUT2D eigenvalue weighted by Crippen LogP contribution is -2.14. The topological polar surface area (TPSA) is 108 Å². The van der Waals surface area contributed by atoms with Gasteiger partial charge in [0.25, 0.3) is 5.69 Å². The van der Waals surface area contributed by atoms with E-state index in [0.717, 1.165) is 0 Å². The van der Waals surface area contributed by atoms with Gasteiger partial charge in [-0.05, 0) is 12.5 Å². The Bertz CT molecular complexity index is 436. The van der Waals surface area contributed by atoms with Crippen molar-refractivity contribution in [1.82, 2.24) is 0 Å². The van der Waals surface area contributed by atoms with Crippen LogP contribution in [0.2, 0.25) is 0 Å². The van der Waals surface area contributed by atoms with Crippen LogP contribution in [0.15, 0.2) is 12.1 Å². The summed E-state index contributed by atoms with van der Waals surface area (Å²) in [5, 5.41) is 19.8. The van der Waals surface area contributed by atoms with Crippen LogP contribution in [0.3, 0.4) is 0 Å². The minimum absolute atomic E-state index is 0.145. The maximum Gasteiger partial charge on any atom is 0.278 e. The molecule has 3 N–H and O–H groups in total. The maximum atomic E-state index is 11.0. The molecule has 7 heteroatoms. The summed E-state index contributed by atoms with van der Waals surface area (Å²) >= 11 is 0. The molecule has 0 bridgehead atoms. The first-order valence-corrected chi connectivity index (χ1v) is 5.31. The summed E-state index contributed by atoms with van der Waals surface area (Å²) in [5.74, 6) is 0.635. The molecule has 1 atom stereocenters. The van der Waals surface area contributed by atoms with Crippen LogP contribution in [-0.4, -0.2) is 30.9 Å². The van der Waals surface area contributed by atoms with Crippen molar-refractivity contribution >= 4 is 5.69 Å². The molecule has 0 fully saturated rings. The number of hydrogen-bond donors (Lipinski definition) is 2. The first-order chi connectivity index (χ1) is 8.54. The second-order valence-electron chi connectivity index (χ2n) is 3.64. The van der Waals surface area contributed by atoms with E-state index in [4.69, 9.17) is 20.3 Å². The Morgan fingerprint density at radius 1 is 1.39 bits per heavy atom. The lowest BCUT2D eigenvalue weighted by molar-refractivity contribution is -0.385. The second-order valence-corrected chi connectivity index (χ2v) is 3.64. The predicted octanol–water partition coefficient (Wildman–Crippen LogP) is 0.994. The smallest absolute Gasteiger partial charge is 0.278 e. The van der Waals surface area contributed by atoms with Gasteiger partial charge < -0.3 is 20.3 Å². The fourth-order valence-electron chi connectivity index (χ4n) is 1.63. The molecule has 0 unspecified atom stereocenters. The number of nitro benzene ring substituents is 1. The van der Waals surface area contributed by atoms with E-state index >= 15 is 0 Å². The molecule has 7 nitrogen and oxygen atoms in total. The van der Waals surface area contributed by atoms with E-state index in [9.17, 15) is 10.1 Å². The van der Waals surface area contributed by atoms with Crippen LogP contribution < -0.4 is 15.2 Å². The Hall–Kier alpha value is -1.86. The minimum Gasteiger partial charge on any atom is -0.493 e. The Kier molecular flexibility index (Phi) is 4.87. The number of hydrogen-bond acceptors (Lipinski definition) is 6. The van der Waals surface area contributed by atoms with E-state index in [-0.39, 0.29) is 24.5 Å². The van der Waals surface area contributed by atoms with Gasteiger partial charge >= 0.3 is 0 Å². The van der Waals surface area contributed by atoms with E-state index < -0.39 is 11.0 Å². The average molecular weight is 256 g/mol. The van der Waals surface area contributed by atoms with Crippen molar-refractivity contribution in [3.63, 3.8) is 0 Å². The van der Waals surface area contributed by atoms with Gasteiger partial charge in [-0.25, -0.2) is 0 Å². The van der Waals surface area contributed by atoms with Crippen LogP contribution in [0.25, 0.3) is 0 Å². The lowest BCUT2D eigenvalue weighted by Gasteiger charge is -2.14. The summed E-state index contributed by atoms with van der Waals surface area (Å²) in [6, 6.07) is 2.11. The highest BCUT2D eigenvalue weighted by atomic mass is 16.6. The molecular formula is C11H16N2O5. The molecule has 1 aromatic rings. The fraction of sp³-hybridized carbons (Fsp3) is 0.455. The third-order valence-electron chi connectivity index (χ3n) is 2.57. The number of aliphatic hydroxyl groups is 1. The number of nitrogens with two attached hydrogens (primary N) is 1. The molecule has 0 saturated heterocycles. The molecule has 0 spiro atoms. The number of benzene rings is 1. The molecule has 0 aliphatic heterocycles. The van der Waals surface area contributed by atoms with Gasteiger partial charge in [-0.3, -0.25) is 10.1 Å². The van der Waals surface area contributed by atoms with Gasteiger partial charge in [0.2, 0.25) is 0 Å². The molecular weight excluding hydrogens is 240 g/mol. The minimum atomic E-state index is -0.629. The van der Waals surface area contributed by atoms with Gasteiger partial charge in [-0.2, -0.15) is 0 Å². The quantitative estimate of drug-likeness (QED) is 0.580. The highest BCUT2D eigenvalue weighted by molar-refractivity contribution is 5.55. The normalized spacial score (nSPS) is 12.0. The van der Waals surface area contributed by atoms with Crippen molar-refractivity contribution in [2.75, 3.05) is 20.8 Å². The van der Waals surface area contributed by atoms with Crippen molar-refractivity contribution in [3.05, 3.63) is 27.8 Å². The number of aliphatic hydroxyl groups excluding tert-OH is 1. The highest BCUT2D eigenvalue weighted by Crippen LogP contribution is 2.37. The van der Waals surface area contributed by atoms with Crippen molar-refractivity contribution in [3.8, 4) is 11.5 Å². The van der Waals surface area contributed by atoms with Crippen LogP contribution in [-0.2, 0) is 0 Å².